The van der Waals surface area contributed by atoms with Crippen molar-refractivity contribution < 1.29 is 0 Å². The fourth-order valence-corrected chi connectivity index (χ4v) is 10.1. The summed E-state index contributed by atoms with van der Waals surface area (Å²) in [6.45, 7) is 0. The molecule has 4 nitrogen and oxygen atoms in total. The van der Waals surface area contributed by atoms with E-state index in [0.29, 0.717) is 23.0 Å². The van der Waals surface area contributed by atoms with Gasteiger partial charge in [0.1, 0.15) is 0 Å². The van der Waals surface area contributed by atoms with Crippen molar-refractivity contribution in [1.29, 1.82) is 5.26 Å². The number of nitriles is 1. The number of nitrogens with zero attached hydrogens (tertiary/aromatic N) is 4. The van der Waals surface area contributed by atoms with Gasteiger partial charge in [-0.2, -0.15) is 5.26 Å². The highest BCUT2D eigenvalue weighted by Gasteiger charge is 2.51. The molecule has 56 heavy (non-hydrogen) atoms. The van der Waals surface area contributed by atoms with E-state index in [1.54, 1.807) is 11.8 Å². The van der Waals surface area contributed by atoms with E-state index >= 15 is 0 Å². The first-order valence-corrected chi connectivity index (χ1v) is 19.5. The molecule has 260 valence electrons. The van der Waals surface area contributed by atoms with Crippen LogP contribution in [-0.4, -0.2) is 15.0 Å². The van der Waals surface area contributed by atoms with Crippen LogP contribution in [0, 0.1) is 11.3 Å². The lowest BCUT2D eigenvalue weighted by Gasteiger charge is -2.40. The lowest BCUT2D eigenvalue weighted by Crippen LogP contribution is -2.32. The summed E-state index contributed by atoms with van der Waals surface area (Å²) in [7, 11) is 0. The van der Waals surface area contributed by atoms with Crippen LogP contribution < -0.4 is 0 Å². The maximum absolute atomic E-state index is 9.64. The standard InChI is InChI=1S/C51H30N4S/c52-31-32-26-28-33(29-27-32)40-30-44-46(37-19-8-7-18-36(37)40)38-20-9-10-22-41(38)51(44)42-23-11-12-25-45(42)56-47-39(21-13-24-43(47)51)50-54-48(34-14-3-1-4-15-34)53-49(55-50)35-16-5-2-6-17-35/h1-30H. The minimum atomic E-state index is -0.637. The third-order valence-electron chi connectivity index (χ3n) is 11.2. The molecule has 5 heteroatoms. The van der Waals surface area contributed by atoms with E-state index in [9.17, 15) is 5.26 Å². The van der Waals surface area contributed by atoms with Crippen molar-refractivity contribution in [3.63, 3.8) is 0 Å². The largest absolute Gasteiger partial charge is 0.208 e. The smallest absolute Gasteiger partial charge is 0.165 e. The Morgan fingerprint density at radius 3 is 1.71 bits per heavy atom. The van der Waals surface area contributed by atoms with E-state index in [4.69, 9.17) is 15.0 Å². The molecule has 1 aliphatic heterocycles. The van der Waals surface area contributed by atoms with E-state index in [2.05, 4.69) is 140 Å². The van der Waals surface area contributed by atoms with Crippen molar-refractivity contribution in [1.82, 2.24) is 15.0 Å². The molecule has 0 radical (unpaired) electrons. The molecule has 2 heterocycles. The van der Waals surface area contributed by atoms with Gasteiger partial charge in [-0.05, 0) is 79.5 Å². The highest BCUT2D eigenvalue weighted by molar-refractivity contribution is 7.99. The van der Waals surface area contributed by atoms with E-state index in [-0.39, 0.29) is 0 Å². The number of rotatable bonds is 4. The molecule has 0 bridgehead atoms. The summed E-state index contributed by atoms with van der Waals surface area (Å²) >= 11 is 1.79. The van der Waals surface area contributed by atoms with Gasteiger partial charge in [0.15, 0.2) is 17.5 Å². The van der Waals surface area contributed by atoms with Gasteiger partial charge < -0.3 is 0 Å². The zero-order valence-corrected chi connectivity index (χ0v) is 30.8. The number of benzene rings is 8. The summed E-state index contributed by atoms with van der Waals surface area (Å²) in [5.41, 5.74) is 12.5. The molecule has 11 rings (SSSR count). The average molecular weight is 731 g/mol. The molecule has 0 amide bonds. The van der Waals surface area contributed by atoms with E-state index in [0.717, 1.165) is 32.7 Å². The van der Waals surface area contributed by atoms with Crippen LogP contribution >= 0.6 is 11.8 Å². The molecule has 8 aromatic carbocycles. The summed E-state index contributed by atoms with van der Waals surface area (Å²) in [6, 6.07) is 66.2. The second kappa shape index (κ2) is 12.7. The lowest BCUT2D eigenvalue weighted by atomic mass is 9.66. The van der Waals surface area contributed by atoms with Gasteiger partial charge in [0.25, 0.3) is 0 Å². The van der Waals surface area contributed by atoms with Crippen molar-refractivity contribution in [2.45, 2.75) is 15.2 Å². The van der Waals surface area contributed by atoms with E-state index in [1.807, 2.05) is 48.5 Å². The summed E-state index contributed by atoms with van der Waals surface area (Å²) in [5, 5.41) is 12.0. The quantitative estimate of drug-likeness (QED) is 0.180. The van der Waals surface area contributed by atoms with Crippen molar-refractivity contribution in [2.24, 2.45) is 0 Å². The van der Waals surface area contributed by atoms with Crippen LogP contribution in [0.2, 0.25) is 0 Å². The predicted octanol–water partition coefficient (Wildman–Crippen LogP) is 12.4. The van der Waals surface area contributed by atoms with E-state index < -0.39 is 5.41 Å². The van der Waals surface area contributed by atoms with Crippen LogP contribution in [0.25, 0.3) is 67.2 Å². The molecular formula is C51H30N4S. The van der Waals surface area contributed by atoms with Crippen molar-refractivity contribution >= 4 is 22.5 Å². The average Bonchev–Trinajstić information content (AvgIpc) is 3.57. The Balaban J connectivity index is 1.24. The van der Waals surface area contributed by atoms with Gasteiger partial charge in [-0.15, -0.1) is 0 Å². The Kier molecular flexibility index (Phi) is 7.35. The van der Waals surface area contributed by atoms with Gasteiger partial charge in [-0.25, -0.2) is 15.0 Å². The number of hydrogen-bond acceptors (Lipinski definition) is 5. The molecule has 0 saturated carbocycles. The highest BCUT2D eigenvalue weighted by Crippen LogP contribution is 2.64. The SMILES string of the molecule is N#Cc1ccc(-c2cc3c(c4ccccc24)-c2ccccc2C32c3ccccc3Sc3c(-c4nc(-c5ccccc5)nc(-c5ccccc5)n4)cccc32)cc1. The summed E-state index contributed by atoms with van der Waals surface area (Å²) in [5.74, 6) is 1.91. The van der Waals surface area contributed by atoms with Crippen molar-refractivity contribution in [3.05, 3.63) is 210 Å². The fourth-order valence-electron chi connectivity index (χ4n) is 8.85. The Morgan fingerprint density at radius 1 is 0.429 bits per heavy atom. The number of hydrogen-bond donors (Lipinski definition) is 0. The zero-order valence-electron chi connectivity index (χ0n) is 30.0. The van der Waals surface area contributed by atoms with Crippen LogP contribution in [0.5, 0.6) is 0 Å². The Hall–Kier alpha value is -7.13. The van der Waals surface area contributed by atoms with Crippen molar-refractivity contribution in [3.8, 4) is 62.5 Å². The van der Waals surface area contributed by atoms with Gasteiger partial charge in [-0.1, -0.05) is 169 Å². The van der Waals surface area contributed by atoms with E-state index in [1.165, 1.54) is 49.0 Å². The molecule has 1 spiro atoms. The van der Waals surface area contributed by atoms with Gasteiger partial charge in [0.2, 0.25) is 0 Å². The molecule has 0 fully saturated rings. The Morgan fingerprint density at radius 2 is 1.00 bits per heavy atom. The molecule has 1 aliphatic carbocycles. The maximum Gasteiger partial charge on any atom is 0.165 e. The van der Waals surface area contributed by atoms with Crippen LogP contribution in [0.1, 0.15) is 27.8 Å². The molecule has 1 unspecified atom stereocenters. The third kappa shape index (κ3) is 4.76. The van der Waals surface area contributed by atoms with Gasteiger partial charge in [-0.3, -0.25) is 0 Å². The number of fused-ring (bicyclic) bond motifs is 11. The lowest BCUT2D eigenvalue weighted by molar-refractivity contribution is 0.723. The topological polar surface area (TPSA) is 62.5 Å². The van der Waals surface area contributed by atoms with Crippen molar-refractivity contribution in [2.75, 3.05) is 0 Å². The molecule has 0 N–H and O–H groups in total. The van der Waals surface area contributed by atoms with Gasteiger partial charge >= 0.3 is 0 Å². The molecule has 0 saturated heterocycles. The second-order valence-electron chi connectivity index (χ2n) is 14.2. The van der Waals surface area contributed by atoms with Gasteiger partial charge in [0, 0.05) is 26.5 Å². The molecule has 1 atom stereocenters. The zero-order chi connectivity index (χ0) is 37.2. The normalized spacial score (nSPS) is 14.8. The first-order valence-electron chi connectivity index (χ1n) is 18.7. The fraction of sp³-hybridized carbons (Fsp3) is 0.0196. The van der Waals surface area contributed by atoms with Crippen LogP contribution in [0.4, 0.5) is 0 Å². The highest BCUT2D eigenvalue weighted by atomic mass is 32.2. The number of aromatic nitrogens is 3. The summed E-state index contributed by atoms with van der Waals surface area (Å²) in [6.07, 6.45) is 0. The minimum absolute atomic E-state index is 0.637. The van der Waals surface area contributed by atoms with Crippen LogP contribution in [0.15, 0.2) is 192 Å². The molecule has 2 aliphatic rings. The van der Waals surface area contributed by atoms with Crippen LogP contribution in [0.3, 0.4) is 0 Å². The summed E-state index contributed by atoms with van der Waals surface area (Å²) in [4.78, 5) is 17.8. The second-order valence-corrected chi connectivity index (χ2v) is 15.2. The van der Waals surface area contributed by atoms with Crippen LogP contribution in [-0.2, 0) is 5.41 Å². The first kappa shape index (κ1) is 32.3. The Bertz CT molecular complexity index is 3000. The third-order valence-corrected chi connectivity index (χ3v) is 12.5. The Labute approximate surface area is 328 Å². The first-order chi connectivity index (χ1) is 27.7. The molecular weight excluding hydrogens is 701 g/mol. The van der Waals surface area contributed by atoms with Gasteiger partial charge in [0.05, 0.1) is 17.0 Å². The monoisotopic (exact) mass is 730 g/mol. The molecule has 1 aromatic heterocycles. The maximum atomic E-state index is 9.64. The summed E-state index contributed by atoms with van der Waals surface area (Å²) < 4.78 is 0. The minimum Gasteiger partial charge on any atom is -0.208 e. The predicted molar refractivity (Wildman–Crippen MR) is 225 cm³/mol. The molecule has 9 aromatic rings.